The van der Waals surface area contributed by atoms with Gasteiger partial charge in [0.05, 0.1) is 5.50 Å². The Labute approximate surface area is 73.8 Å². The summed E-state index contributed by atoms with van der Waals surface area (Å²) >= 11 is 0. The number of carbonyl (C=O) groups is 1. The fourth-order valence-electron chi connectivity index (χ4n) is 0.917. The number of hydrogen-bond donors (Lipinski definition) is 0. The minimum Gasteiger partial charge on any atom is -0.454 e. The molecule has 0 aromatic carbocycles. The summed E-state index contributed by atoms with van der Waals surface area (Å²) < 4.78 is 4.95. The summed E-state index contributed by atoms with van der Waals surface area (Å²) in [7, 11) is 5.51. The number of ether oxygens (including phenoxy) is 1. The number of hydrogen-bond acceptors (Lipinski definition) is 2. The zero-order chi connectivity index (χ0) is 9.19. The van der Waals surface area contributed by atoms with Crippen molar-refractivity contribution in [3.05, 3.63) is 12.2 Å². The molecule has 1 rings (SSSR count). The lowest BCUT2D eigenvalue weighted by molar-refractivity contribution is 0.0652. The average molecular weight is 165 g/mol. The van der Waals surface area contributed by atoms with Crippen molar-refractivity contribution < 1.29 is 9.53 Å². The zero-order valence-corrected chi connectivity index (χ0v) is 7.41. The molecule has 1 amide bonds. The molecule has 2 radical (unpaired) electrons. The zero-order valence-electron chi connectivity index (χ0n) is 7.41. The molecule has 0 aliphatic carbocycles. The molecule has 0 saturated carbocycles. The van der Waals surface area contributed by atoms with Crippen molar-refractivity contribution >= 4 is 13.9 Å². The molecule has 0 aromatic rings. The normalized spacial score (nSPS) is 16.7. The van der Waals surface area contributed by atoms with Gasteiger partial charge in [0.15, 0.2) is 0 Å². The standard InChI is InChI=1S/C8H12BNO2/c1-8(2,9)12-7(11)10-5-3-4-6-10/h3-4H,5-6H2,1-2H3. The SMILES string of the molecule is [B]C(C)(C)OC(=O)N1CC=CC1. The van der Waals surface area contributed by atoms with Gasteiger partial charge in [0.2, 0.25) is 0 Å². The van der Waals surface area contributed by atoms with Gasteiger partial charge in [-0.25, -0.2) is 4.79 Å². The number of rotatable bonds is 1. The van der Waals surface area contributed by atoms with Crippen molar-refractivity contribution in [3.63, 3.8) is 0 Å². The van der Waals surface area contributed by atoms with Gasteiger partial charge in [-0.2, -0.15) is 0 Å². The van der Waals surface area contributed by atoms with Gasteiger partial charge in [-0.3, -0.25) is 0 Å². The second-order valence-corrected chi connectivity index (χ2v) is 3.35. The van der Waals surface area contributed by atoms with Crippen molar-refractivity contribution in [2.24, 2.45) is 0 Å². The molecule has 0 N–H and O–H groups in total. The molecule has 1 heterocycles. The van der Waals surface area contributed by atoms with Gasteiger partial charge in [0.25, 0.3) is 0 Å². The number of amides is 1. The summed E-state index contributed by atoms with van der Waals surface area (Å²) in [5.41, 5.74) is -0.889. The Morgan fingerprint density at radius 1 is 1.50 bits per heavy atom. The van der Waals surface area contributed by atoms with E-state index in [4.69, 9.17) is 12.6 Å². The van der Waals surface area contributed by atoms with E-state index in [9.17, 15) is 4.79 Å². The fraction of sp³-hybridized carbons (Fsp3) is 0.625. The smallest absolute Gasteiger partial charge is 0.410 e. The van der Waals surface area contributed by atoms with Crippen LogP contribution in [0.4, 0.5) is 4.79 Å². The van der Waals surface area contributed by atoms with E-state index < -0.39 is 5.50 Å². The molecule has 1 aliphatic heterocycles. The van der Waals surface area contributed by atoms with Crippen LogP contribution in [0.3, 0.4) is 0 Å². The Morgan fingerprint density at radius 3 is 2.42 bits per heavy atom. The van der Waals surface area contributed by atoms with Gasteiger partial charge in [0.1, 0.15) is 7.85 Å². The van der Waals surface area contributed by atoms with Gasteiger partial charge in [-0.15, -0.1) is 0 Å². The first-order valence-electron chi connectivity index (χ1n) is 3.91. The Bertz CT molecular complexity index is 200. The van der Waals surface area contributed by atoms with E-state index in [0.29, 0.717) is 13.1 Å². The minimum absolute atomic E-state index is 0.354. The van der Waals surface area contributed by atoms with Crippen LogP contribution in [0, 0.1) is 0 Å². The third kappa shape index (κ3) is 2.60. The number of nitrogens with zero attached hydrogens (tertiary/aromatic N) is 1. The van der Waals surface area contributed by atoms with E-state index in [1.807, 2.05) is 12.2 Å². The molecular formula is C8H12BNO2. The number of carbonyl (C=O) groups excluding carboxylic acids is 1. The molecule has 3 nitrogen and oxygen atoms in total. The van der Waals surface area contributed by atoms with Crippen molar-refractivity contribution in [2.75, 3.05) is 13.1 Å². The molecule has 0 aromatic heterocycles. The largest absolute Gasteiger partial charge is 0.454 e. The molecule has 1 aliphatic rings. The van der Waals surface area contributed by atoms with Crippen molar-refractivity contribution in [1.82, 2.24) is 4.90 Å². The summed E-state index contributed by atoms with van der Waals surface area (Å²) in [5.74, 6) is 0. The maximum Gasteiger partial charge on any atom is 0.410 e. The van der Waals surface area contributed by atoms with Crippen LogP contribution in [0.15, 0.2) is 12.2 Å². The van der Waals surface area contributed by atoms with Gasteiger partial charge in [-0.1, -0.05) is 12.2 Å². The molecular weight excluding hydrogens is 153 g/mol. The Kier molecular flexibility index (Phi) is 2.45. The highest BCUT2D eigenvalue weighted by atomic mass is 16.6. The summed E-state index contributed by atoms with van der Waals surface area (Å²) in [6, 6.07) is 0. The Balaban J connectivity index is 2.39. The lowest BCUT2D eigenvalue weighted by atomic mass is 9.86. The van der Waals surface area contributed by atoms with Gasteiger partial charge in [0, 0.05) is 13.1 Å². The van der Waals surface area contributed by atoms with E-state index in [-0.39, 0.29) is 6.09 Å². The molecule has 0 fully saturated rings. The van der Waals surface area contributed by atoms with Crippen LogP contribution in [0.25, 0.3) is 0 Å². The lowest BCUT2D eigenvalue weighted by Gasteiger charge is -2.24. The minimum atomic E-state index is -0.889. The van der Waals surface area contributed by atoms with E-state index in [1.165, 1.54) is 0 Å². The highest BCUT2D eigenvalue weighted by molar-refractivity contribution is 6.14. The second-order valence-electron chi connectivity index (χ2n) is 3.35. The summed E-state index contributed by atoms with van der Waals surface area (Å²) in [4.78, 5) is 12.8. The molecule has 0 spiro atoms. The molecule has 12 heavy (non-hydrogen) atoms. The topological polar surface area (TPSA) is 29.5 Å². The van der Waals surface area contributed by atoms with Crippen LogP contribution in [-0.2, 0) is 4.74 Å². The van der Waals surface area contributed by atoms with Crippen LogP contribution in [0.1, 0.15) is 13.8 Å². The highest BCUT2D eigenvalue weighted by Gasteiger charge is 2.21. The predicted octanol–water partition coefficient (Wildman–Crippen LogP) is 0.899. The van der Waals surface area contributed by atoms with Gasteiger partial charge < -0.3 is 9.64 Å². The molecule has 0 atom stereocenters. The molecule has 0 unspecified atom stereocenters. The lowest BCUT2D eigenvalue weighted by Crippen LogP contribution is -2.37. The molecule has 0 bridgehead atoms. The Morgan fingerprint density at radius 2 is 2.00 bits per heavy atom. The average Bonchev–Trinajstić information content (AvgIpc) is 2.32. The second kappa shape index (κ2) is 3.21. The van der Waals surface area contributed by atoms with Gasteiger partial charge >= 0.3 is 6.09 Å². The van der Waals surface area contributed by atoms with Crippen molar-refractivity contribution in [1.29, 1.82) is 0 Å². The van der Waals surface area contributed by atoms with Gasteiger partial charge in [-0.05, 0) is 13.8 Å². The van der Waals surface area contributed by atoms with Crippen LogP contribution in [0.2, 0.25) is 0 Å². The highest BCUT2D eigenvalue weighted by Crippen LogP contribution is 2.08. The molecule has 4 heteroatoms. The predicted molar refractivity (Wildman–Crippen MR) is 47.0 cm³/mol. The molecule has 0 saturated heterocycles. The maximum atomic E-state index is 11.2. The fourth-order valence-corrected chi connectivity index (χ4v) is 0.917. The Hall–Kier alpha value is -0.925. The van der Waals surface area contributed by atoms with E-state index in [1.54, 1.807) is 18.7 Å². The quantitative estimate of drug-likeness (QED) is 0.426. The van der Waals surface area contributed by atoms with Crippen LogP contribution in [0.5, 0.6) is 0 Å². The first-order chi connectivity index (χ1) is 5.49. The third-order valence-corrected chi connectivity index (χ3v) is 1.43. The van der Waals surface area contributed by atoms with E-state index >= 15 is 0 Å². The van der Waals surface area contributed by atoms with Crippen LogP contribution >= 0.6 is 0 Å². The van der Waals surface area contributed by atoms with Crippen molar-refractivity contribution in [3.8, 4) is 0 Å². The first-order valence-corrected chi connectivity index (χ1v) is 3.91. The van der Waals surface area contributed by atoms with Crippen LogP contribution < -0.4 is 0 Å². The third-order valence-electron chi connectivity index (χ3n) is 1.43. The summed E-state index contributed by atoms with van der Waals surface area (Å²) in [6.45, 7) is 4.53. The summed E-state index contributed by atoms with van der Waals surface area (Å²) in [6.07, 6.45) is 3.49. The first kappa shape index (κ1) is 9.17. The van der Waals surface area contributed by atoms with Crippen LogP contribution in [-0.4, -0.2) is 37.4 Å². The summed E-state index contributed by atoms with van der Waals surface area (Å²) in [5, 5.41) is 0. The van der Waals surface area contributed by atoms with E-state index in [2.05, 4.69) is 0 Å². The molecule has 64 valence electrons. The maximum absolute atomic E-state index is 11.2. The van der Waals surface area contributed by atoms with Crippen molar-refractivity contribution in [2.45, 2.75) is 19.3 Å². The van der Waals surface area contributed by atoms with E-state index in [0.717, 1.165) is 0 Å². The monoisotopic (exact) mass is 165 g/mol.